The average Bonchev–Trinajstić information content (AvgIpc) is 3.10. The lowest BCUT2D eigenvalue weighted by atomic mass is 10.1. The van der Waals surface area contributed by atoms with E-state index in [9.17, 15) is 13.6 Å². The first-order valence-electron chi connectivity index (χ1n) is 10.0. The number of nitrogens with zero attached hydrogens (tertiary/aromatic N) is 1. The molecular formula is C20H30F2N4O5. The topological polar surface area (TPSA) is 102 Å². The van der Waals surface area contributed by atoms with Gasteiger partial charge in [0.2, 0.25) is 6.79 Å². The number of amides is 1. The summed E-state index contributed by atoms with van der Waals surface area (Å²) in [6, 6.07) is 2.96. The number of hydrogen-bond donors (Lipinski definition) is 3. The van der Waals surface area contributed by atoms with Crippen molar-refractivity contribution in [1.82, 2.24) is 16.0 Å². The van der Waals surface area contributed by atoms with Crippen molar-refractivity contribution < 1.29 is 32.5 Å². The molecule has 1 aromatic rings. The van der Waals surface area contributed by atoms with Gasteiger partial charge in [-0.2, -0.15) is 8.78 Å². The molecule has 0 bridgehead atoms. The monoisotopic (exact) mass is 444 g/mol. The van der Waals surface area contributed by atoms with Crippen molar-refractivity contribution in [2.45, 2.75) is 52.9 Å². The van der Waals surface area contributed by atoms with Crippen LogP contribution in [0.15, 0.2) is 17.1 Å². The Bertz CT molecular complexity index is 769. The van der Waals surface area contributed by atoms with Crippen molar-refractivity contribution in [3.05, 3.63) is 17.7 Å². The van der Waals surface area contributed by atoms with Crippen LogP contribution in [0.1, 0.15) is 39.7 Å². The Kier molecular flexibility index (Phi) is 8.95. The van der Waals surface area contributed by atoms with Gasteiger partial charge >= 0.3 is 12.7 Å². The van der Waals surface area contributed by atoms with Gasteiger partial charge < -0.3 is 34.9 Å². The van der Waals surface area contributed by atoms with E-state index in [1.165, 1.54) is 6.07 Å². The fourth-order valence-electron chi connectivity index (χ4n) is 2.60. The highest BCUT2D eigenvalue weighted by Crippen LogP contribution is 2.39. The van der Waals surface area contributed by atoms with E-state index >= 15 is 0 Å². The number of rotatable bonds is 9. The van der Waals surface area contributed by atoms with E-state index in [-0.39, 0.29) is 19.1 Å². The summed E-state index contributed by atoms with van der Waals surface area (Å²) in [5.41, 5.74) is -0.109. The summed E-state index contributed by atoms with van der Waals surface area (Å²) in [5.74, 6) is 1.30. The van der Waals surface area contributed by atoms with E-state index in [4.69, 9.17) is 14.2 Å². The third-order valence-corrected chi connectivity index (χ3v) is 3.84. The summed E-state index contributed by atoms with van der Waals surface area (Å²) < 4.78 is 45.8. The number of nitrogens with one attached hydrogen (secondary N) is 3. The molecule has 1 aliphatic heterocycles. The highest BCUT2D eigenvalue weighted by molar-refractivity contribution is 5.79. The highest BCUT2D eigenvalue weighted by Gasteiger charge is 2.20. The number of ether oxygens (including phenoxy) is 4. The molecular weight excluding hydrogens is 414 g/mol. The molecule has 11 heteroatoms. The lowest BCUT2D eigenvalue weighted by molar-refractivity contribution is -0.0505. The molecule has 1 aromatic carbocycles. The van der Waals surface area contributed by atoms with E-state index in [0.29, 0.717) is 49.1 Å². The molecule has 0 spiro atoms. The van der Waals surface area contributed by atoms with Crippen LogP contribution in [0.5, 0.6) is 17.2 Å². The summed E-state index contributed by atoms with van der Waals surface area (Å²) in [4.78, 5) is 16.1. The summed E-state index contributed by atoms with van der Waals surface area (Å²) in [7, 11) is 0. The Morgan fingerprint density at radius 1 is 1.16 bits per heavy atom. The summed E-state index contributed by atoms with van der Waals surface area (Å²) in [6.45, 7) is 6.02. The van der Waals surface area contributed by atoms with Gasteiger partial charge in [0.15, 0.2) is 17.5 Å². The molecule has 0 saturated heterocycles. The predicted molar refractivity (Wildman–Crippen MR) is 111 cm³/mol. The number of fused-ring (bicyclic) bond motifs is 1. The van der Waals surface area contributed by atoms with E-state index in [1.54, 1.807) is 26.8 Å². The van der Waals surface area contributed by atoms with Crippen LogP contribution < -0.4 is 30.2 Å². The van der Waals surface area contributed by atoms with Gasteiger partial charge in [-0.15, -0.1) is 0 Å². The maximum absolute atomic E-state index is 12.8. The molecule has 0 unspecified atom stereocenters. The van der Waals surface area contributed by atoms with Gasteiger partial charge in [-0.3, -0.25) is 0 Å². The Morgan fingerprint density at radius 2 is 1.84 bits per heavy atom. The van der Waals surface area contributed by atoms with Gasteiger partial charge in [-0.05, 0) is 40.2 Å². The quantitative estimate of drug-likeness (QED) is 0.306. The molecule has 0 radical (unpaired) electrons. The SMILES string of the molecule is CCNC(=NCc1cc2c(cc1OC(F)F)OCO2)NCCCNC(=O)OC(C)(C)C. The van der Waals surface area contributed by atoms with Crippen molar-refractivity contribution in [1.29, 1.82) is 0 Å². The predicted octanol–water partition coefficient (Wildman–Crippen LogP) is 2.99. The van der Waals surface area contributed by atoms with E-state index in [1.807, 2.05) is 6.92 Å². The van der Waals surface area contributed by atoms with Crippen LogP contribution in [-0.4, -0.2) is 50.7 Å². The maximum Gasteiger partial charge on any atom is 0.407 e. The zero-order valence-electron chi connectivity index (χ0n) is 18.2. The van der Waals surface area contributed by atoms with Gasteiger partial charge in [0, 0.05) is 31.3 Å². The van der Waals surface area contributed by atoms with Gasteiger partial charge in [0.1, 0.15) is 11.4 Å². The molecule has 0 atom stereocenters. The normalized spacial score (nSPS) is 13.2. The first kappa shape index (κ1) is 24.3. The zero-order valence-corrected chi connectivity index (χ0v) is 18.2. The van der Waals surface area contributed by atoms with Crippen LogP contribution >= 0.6 is 0 Å². The lowest BCUT2D eigenvalue weighted by Crippen LogP contribution is -2.39. The molecule has 2 rings (SSSR count). The molecule has 0 fully saturated rings. The minimum absolute atomic E-state index is 0.0135. The molecule has 9 nitrogen and oxygen atoms in total. The second kappa shape index (κ2) is 11.4. The van der Waals surface area contributed by atoms with E-state index < -0.39 is 18.3 Å². The molecule has 174 valence electrons. The number of alkyl carbamates (subject to hydrolysis) is 1. The van der Waals surface area contributed by atoms with Crippen molar-refractivity contribution in [3.8, 4) is 17.2 Å². The summed E-state index contributed by atoms with van der Waals surface area (Å²) in [5, 5.41) is 8.88. The van der Waals surface area contributed by atoms with Crippen molar-refractivity contribution in [2.24, 2.45) is 4.99 Å². The summed E-state index contributed by atoms with van der Waals surface area (Å²) in [6.07, 6.45) is 0.162. The molecule has 31 heavy (non-hydrogen) atoms. The Labute approximate surface area is 180 Å². The highest BCUT2D eigenvalue weighted by atomic mass is 19.3. The number of hydrogen-bond acceptors (Lipinski definition) is 6. The Morgan fingerprint density at radius 3 is 2.48 bits per heavy atom. The van der Waals surface area contributed by atoms with Gasteiger partial charge in [0.25, 0.3) is 0 Å². The molecule has 1 aliphatic rings. The fraction of sp³-hybridized carbons (Fsp3) is 0.600. The fourth-order valence-corrected chi connectivity index (χ4v) is 2.60. The number of benzene rings is 1. The van der Waals surface area contributed by atoms with E-state index in [0.717, 1.165) is 0 Å². The van der Waals surface area contributed by atoms with Gasteiger partial charge in [0.05, 0.1) is 6.54 Å². The van der Waals surface area contributed by atoms with Crippen LogP contribution in [-0.2, 0) is 11.3 Å². The number of alkyl halides is 2. The maximum atomic E-state index is 12.8. The molecule has 0 aliphatic carbocycles. The minimum atomic E-state index is -2.97. The second-order valence-electron chi connectivity index (χ2n) is 7.60. The minimum Gasteiger partial charge on any atom is -0.454 e. The number of carbonyl (C=O) groups is 1. The number of carbonyl (C=O) groups excluding carboxylic acids is 1. The van der Waals surface area contributed by atoms with Crippen molar-refractivity contribution >= 4 is 12.1 Å². The molecule has 3 N–H and O–H groups in total. The van der Waals surface area contributed by atoms with Crippen LogP contribution in [0.25, 0.3) is 0 Å². The number of halogens is 2. The average molecular weight is 444 g/mol. The smallest absolute Gasteiger partial charge is 0.407 e. The van der Waals surface area contributed by atoms with Crippen LogP contribution in [0.2, 0.25) is 0 Å². The lowest BCUT2D eigenvalue weighted by Gasteiger charge is -2.19. The van der Waals surface area contributed by atoms with Gasteiger partial charge in [-0.25, -0.2) is 9.79 Å². The first-order valence-corrected chi connectivity index (χ1v) is 10.0. The third-order valence-electron chi connectivity index (χ3n) is 3.84. The number of aliphatic imine (C=N–C) groups is 1. The van der Waals surface area contributed by atoms with Crippen molar-refractivity contribution in [3.63, 3.8) is 0 Å². The summed E-state index contributed by atoms with van der Waals surface area (Å²) >= 11 is 0. The van der Waals surface area contributed by atoms with Crippen LogP contribution in [0, 0.1) is 0 Å². The largest absolute Gasteiger partial charge is 0.454 e. The molecule has 1 amide bonds. The van der Waals surface area contributed by atoms with Crippen LogP contribution in [0.4, 0.5) is 13.6 Å². The molecule has 0 saturated carbocycles. The van der Waals surface area contributed by atoms with Gasteiger partial charge in [-0.1, -0.05) is 0 Å². The van der Waals surface area contributed by atoms with Crippen LogP contribution in [0.3, 0.4) is 0 Å². The Balaban J connectivity index is 1.90. The number of guanidine groups is 1. The van der Waals surface area contributed by atoms with E-state index in [2.05, 4.69) is 25.7 Å². The first-order chi connectivity index (χ1) is 14.7. The second-order valence-corrected chi connectivity index (χ2v) is 7.60. The molecule has 0 aromatic heterocycles. The standard InChI is InChI=1S/C20H30F2N4O5/c1-5-23-18(24-7-6-8-25-19(27)31-20(2,3)4)26-11-13-9-15-16(29-12-28-15)10-14(13)30-17(21)22/h9-10,17H,5-8,11-12H2,1-4H3,(H,25,27)(H2,23,24,26). The zero-order chi connectivity index (χ0) is 22.9. The molecule has 1 heterocycles. The van der Waals surface area contributed by atoms with Crippen molar-refractivity contribution in [2.75, 3.05) is 26.4 Å². The Hall–Kier alpha value is -2.98. The third kappa shape index (κ3) is 8.73.